The van der Waals surface area contributed by atoms with E-state index in [-0.39, 0.29) is 11.7 Å². The number of halogens is 1. The van der Waals surface area contributed by atoms with Gasteiger partial charge in [-0.15, -0.1) is 0 Å². The van der Waals surface area contributed by atoms with Crippen molar-refractivity contribution in [2.45, 2.75) is 32.2 Å². The summed E-state index contributed by atoms with van der Waals surface area (Å²) in [6.07, 6.45) is 1.83. The summed E-state index contributed by atoms with van der Waals surface area (Å²) in [4.78, 5) is 4.40. The maximum Gasteiger partial charge on any atom is 0.229 e. The Labute approximate surface area is 122 Å². The maximum absolute atomic E-state index is 13.3. The average Bonchev–Trinajstić information content (AvgIpc) is 2.94. The Kier molecular flexibility index (Phi) is 4.15. The Hall–Kier alpha value is -1.95. The van der Waals surface area contributed by atoms with E-state index in [4.69, 9.17) is 9.26 Å². The Bertz CT molecular complexity index is 588. The summed E-state index contributed by atoms with van der Waals surface area (Å²) in [5.74, 6) is 1.29. The molecule has 3 rings (SSSR count). The Morgan fingerprint density at radius 2 is 2.10 bits per heavy atom. The van der Waals surface area contributed by atoms with Gasteiger partial charge in [0.25, 0.3) is 0 Å². The first kappa shape index (κ1) is 14.0. The lowest BCUT2D eigenvalue weighted by molar-refractivity contribution is 0.0778. The van der Waals surface area contributed by atoms with Crippen LogP contribution in [0.3, 0.4) is 0 Å². The molecule has 0 radical (unpaired) electrons. The minimum atomic E-state index is -0.256. The van der Waals surface area contributed by atoms with E-state index in [1.165, 1.54) is 12.1 Å². The van der Waals surface area contributed by atoms with Gasteiger partial charge in [-0.2, -0.15) is 4.98 Å². The number of hydrogen-bond acceptors (Lipinski definition) is 5. The zero-order valence-electron chi connectivity index (χ0n) is 11.9. The van der Waals surface area contributed by atoms with E-state index in [1.807, 2.05) is 13.0 Å². The maximum atomic E-state index is 13.3. The molecule has 21 heavy (non-hydrogen) atoms. The Morgan fingerprint density at radius 1 is 1.29 bits per heavy atom. The third kappa shape index (κ3) is 3.58. The van der Waals surface area contributed by atoms with Gasteiger partial charge in [0.05, 0.1) is 6.54 Å². The van der Waals surface area contributed by atoms with E-state index in [0.29, 0.717) is 23.9 Å². The zero-order chi connectivity index (χ0) is 14.7. The number of nitrogens with one attached hydrogen (secondary N) is 1. The molecule has 1 aromatic heterocycles. The third-order valence-corrected chi connectivity index (χ3v) is 3.55. The van der Waals surface area contributed by atoms with Crippen LogP contribution in [0.25, 0.3) is 0 Å². The second-order valence-corrected chi connectivity index (χ2v) is 5.31. The summed E-state index contributed by atoms with van der Waals surface area (Å²) in [5, 5.41) is 7.08. The SMILES string of the molecule is Cc1cc(F)cc(NCc2noc(C3CCOCC3)n2)c1. The highest BCUT2D eigenvalue weighted by Crippen LogP contribution is 2.25. The monoisotopic (exact) mass is 291 g/mol. The van der Waals surface area contributed by atoms with Gasteiger partial charge in [-0.05, 0) is 43.5 Å². The molecule has 5 nitrogen and oxygen atoms in total. The summed E-state index contributed by atoms with van der Waals surface area (Å²) in [5.41, 5.74) is 1.58. The first-order valence-corrected chi connectivity index (χ1v) is 7.12. The molecule has 1 fully saturated rings. The Morgan fingerprint density at radius 3 is 2.86 bits per heavy atom. The molecule has 1 aliphatic heterocycles. The molecule has 0 amide bonds. The van der Waals surface area contributed by atoms with Crippen LogP contribution in [0.4, 0.5) is 10.1 Å². The summed E-state index contributed by atoms with van der Waals surface area (Å²) in [6, 6.07) is 4.82. The molecular weight excluding hydrogens is 273 g/mol. The van der Waals surface area contributed by atoms with Crippen LogP contribution >= 0.6 is 0 Å². The lowest BCUT2D eigenvalue weighted by atomic mass is 10.0. The highest BCUT2D eigenvalue weighted by atomic mass is 19.1. The van der Waals surface area contributed by atoms with Crippen LogP contribution in [-0.4, -0.2) is 23.4 Å². The average molecular weight is 291 g/mol. The van der Waals surface area contributed by atoms with E-state index in [2.05, 4.69) is 15.5 Å². The Balaban J connectivity index is 1.61. The van der Waals surface area contributed by atoms with Crippen molar-refractivity contribution in [1.29, 1.82) is 0 Å². The summed E-state index contributed by atoms with van der Waals surface area (Å²) >= 11 is 0. The number of hydrogen-bond donors (Lipinski definition) is 1. The van der Waals surface area contributed by atoms with Crippen LogP contribution < -0.4 is 5.32 Å². The van der Waals surface area contributed by atoms with Gasteiger partial charge in [0.1, 0.15) is 5.82 Å². The summed E-state index contributed by atoms with van der Waals surface area (Å²) < 4.78 is 23.9. The van der Waals surface area contributed by atoms with Crippen molar-refractivity contribution < 1.29 is 13.7 Å². The highest BCUT2D eigenvalue weighted by molar-refractivity contribution is 5.45. The van der Waals surface area contributed by atoms with Gasteiger partial charge < -0.3 is 14.6 Å². The summed E-state index contributed by atoms with van der Waals surface area (Å²) in [6.45, 7) is 3.74. The van der Waals surface area contributed by atoms with E-state index < -0.39 is 0 Å². The second kappa shape index (κ2) is 6.22. The number of rotatable bonds is 4. The molecule has 0 unspecified atom stereocenters. The molecule has 6 heteroatoms. The van der Waals surface area contributed by atoms with Crippen molar-refractivity contribution in [3.05, 3.63) is 41.3 Å². The fourth-order valence-electron chi connectivity index (χ4n) is 2.47. The van der Waals surface area contributed by atoms with E-state index in [1.54, 1.807) is 0 Å². The molecule has 112 valence electrons. The van der Waals surface area contributed by atoms with E-state index in [9.17, 15) is 4.39 Å². The molecule has 1 aliphatic rings. The standard InChI is InChI=1S/C15H18FN3O2/c1-10-6-12(16)8-13(7-10)17-9-14-18-15(21-19-14)11-2-4-20-5-3-11/h6-8,11,17H,2-5,9H2,1H3. The fraction of sp³-hybridized carbons (Fsp3) is 0.467. The molecule has 1 saturated heterocycles. The quantitative estimate of drug-likeness (QED) is 0.938. The van der Waals surface area contributed by atoms with Crippen molar-refractivity contribution in [2.75, 3.05) is 18.5 Å². The number of benzene rings is 1. The molecule has 0 bridgehead atoms. The third-order valence-electron chi connectivity index (χ3n) is 3.55. The first-order chi connectivity index (χ1) is 10.2. The normalized spacial score (nSPS) is 16.1. The van der Waals surface area contributed by atoms with Gasteiger partial charge in [-0.1, -0.05) is 5.16 Å². The van der Waals surface area contributed by atoms with Crippen molar-refractivity contribution in [3.63, 3.8) is 0 Å². The number of nitrogens with zero attached hydrogens (tertiary/aromatic N) is 2. The van der Waals surface area contributed by atoms with Crippen molar-refractivity contribution in [3.8, 4) is 0 Å². The van der Waals surface area contributed by atoms with Crippen LogP contribution in [0.1, 0.15) is 36.0 Å². The molecule has 2 aromatic rings. The van der Waals surface area contributed by atoms with Crippen molar-refractivity contribution >= 4 is 5.69 Å². The van der Waals surface area contributed by atoms with Crippen molar-refractivity contribution in [2.24, 2.45) is 0 Å². The van der Waals surface area contributed by atoms with Gasteiger partial charge in [0, 0.05) is 24.8 Å². The lowest BCUT2D eigenvalue weighted by Gasteiger charge is -2.17. The summed E-state index contributed by atoms with van der Waals surface area (Å²) in [7, 11) is 0. The molecule has 1 aromatic carbocycles. The van der Waals surface area contributed by atoms with Gasteiger partial charge >= 0.3 is 0 Å². The van der Waals surface area contributed by atoms with Gasteiger partial charge in [0.2, 0.25) is 5.89 Å². The predicted octanol–water partition coefficient (Wildman–Crippen LogP) is 3.02. The number of ether oxygens (including phenoxy) is 1. The number of aromatic nitrogens is 2. The van der Waals surface area contributed by atoms with Crippen LogP contribution in [0, 0.1) is 12.7 Å². The molecule has 0 atom stereocenters. The molecule has 0 aliphatic carbocycles. The first-order valence-electron chi connectivity index (χ1n) is 7.12. The minimum absolute atomic E-state index is 0.256. The topological polar surface area (TPSA) is 60.2 Å². The second-order valence-electron chi connectivity index (χ2n) is 5.31. The van der Waals surface area contributed by atoms with Gasteiger partial charge in [-0.25, -0.2) is 4.39 Å². The number of anilines is 1. The lowest BCUT2D eigenvalue weighted by Crippen LogP contribution is -2.14. The van der Waals surface area contributed by atoms with Crippen molar-refractivity contribution in [1.82, 2.24) is 10.1 Å². The molecular formula is C15H18FN3O2. The van der Waals surface area contributed by atoms with E-state index >= 15 is 0 Å². The molecule has 0 saturated carbocycles. The zero-order valence-corrected chi connectivity index (χ0v) is 11.9. The minimum Gasteiger partial charge on any atom is -0.381 e. The smallest absolute Gasteiger partial charge is 0.229 e. The van der Waals surface area contributed by atoms with Gasteiger partial charge in [-0.3, -0.25) is 0 Å². The van der Waals surface area contributed by atoms with E-state index in [0.717, 1.165) is 31.6 Å². The fourth-order valence-corrected chi connectivity index (χ4v) is 2.47. The van der Waals surface area contributed by atoms with Crippen LogP contribution in [0.5, 0.6) is 0 Å². The molecule has 1 N–H and O–H groups in total. The largest absolute Gasteiger partial charge is 0.381 e. The predicted molar refractivity (Wildman–Crippen MR) is 75.6 cm³/mol. The van der Waals surface area contributed by atoms with Crippen LogP contribution in [-0.2, 0) is 11.3 Å². The number of aryl methyl sites for hydroxylation is 1. The highest BCUT2D eigenvalue weighted by Gasteiger charge is 2.21. The van der Waals surface area contributed by atoms with Gasteiger partial charge in [0.15, 0.2) is 5.82 Å². The van der Waals surface area contributed by atoms with Crippen LogP contribution in [0.2, 0.25) is 0 Å². The molecule has 2 heterocycles. The van der Waals surface area contributed by atoms with Crippen LogP contribution in [0.15, 0.2) is 22.7 Å². The molecule has 0 spiro atoms.